The summed E-state index contributed by atoms with van der Waals surface area (Å²) in [5.74, 6) is 0.00139. The third-order valence-electron chi connectivity index (χ3n) is 3.77. The quantitative estimate of drug-likeness (QED) is 0.893. The van der Waals surface area contributed by atoms with Gasteiger partial charge in [0.2, 0.25) is 10.0 Å². The van der Waals surface area contributed by atoms with Crippen molar-refractivity contribution in [2.75, 3.05) is 38.3 Å². The lowest BCUT2D eigenvalue weighted by Gasteiger charge is -2.32. The molecule has 0 spiro atoms. The number of likely N-dealkylation sites (tertiary alicyclic amines) is 1. The molecule has 0 saturated carbocycles. The van der Waals surface area contributed by atoms with Gasteiger partial charge >= 0.3 is 0 Å². The molecule has 1 N–H and O–H groups in total. The van der Waals surface area contributed by atoms with Crippen molar-refractivity contribution in [3.8, 4) is 0 Å². The van der Waals surface area contributed by atoms with Gasteiger partial charge in [-0.05, 0) is 31.0 Å². The molecule has 1 fully saturated rings. The van der Waals surface area contributed by atoms with Crippen molar-refractivity contribution >= 4 is 21.6 Å². The van der Waals surface area contributed by atoms with E-state index >= 15 is 0 Å². The average molecular weight is 325 g/mol. The molecule has 1 aromatic carbocycles. The van der Waals surface area contributed by atoms with Crippen LogP contribution in [0.15, 0.2) is 24.3 Å². The molecular weight excluding hydrogens is 302 g/mol. The molecule has 6 nitrogen and oxygen atoms in total. The van der Waals surface area contributed by atoms with Gasteiger partial charge in [0.05, 0.1) is 6.26 Å². The topological polar surface area (TPSA) is 69.7 Å². The smallest absolute Gasteiger partial charge is 0.253 e. The van der Waals surface area contributed by atoms with Crippen LogP contribution in [0.3, 0.4) is 0 Å². The van der Waals surface area contributed by atoms with E-state index in [2.05, 4.69) is 4.72 Å². The number of nitrogens with zero attached hydrogens (tertiary/aromatic N) is 2. The molecule has 122 valence electrons. The lowest BCUT2D eigenvalue weighted by molar-refractivity contribution is 0.0711. The van der Waals surface area contributed by atoms with Crippen molar-refractivity contribution in [1.29, 1.82) is 0 Å². The maximum absolute atomic E-state index is 12.5. The summed E-state index contributed by atoms with van der Waals surface area (Å²) in [6.07, 6.45) is 2.45. The Hall–Kier alpha value is -1.60. The van der Waals surface area contributed by atoms with Crippen molar-refractivity contribution in [3.05, 3.63) is 29.8 Å². The minimum Gasteiger partial charge on any atom is -0.378 e. The first-order valence-electron chi connectivity index (χ1n) is 7.30. The summed E-state index contributed by atoms with van der Waals surface area (Å²) in [5.41, 5.74) is 1.65. The SMILES string of the molecule is CN(C)c1cccc(C(=O)N2CCC(NS(C)(=O)=O)CC2)c1. The number of sulfonamides is 1. The van der Waals surface area contributed by atoms with E-state index in [-0.39, 0.29) is 11.9 Å². The fourth-order valence-electron chi connectivity index (χ4n) is 2.60. The Morgan fingerprint density at radius 2 is 1.91 bits per heavy atom. The maximum atomic E-state index is 12.5. The summed E-state index contributed by atoms with van der Waals surface area (Å²) < 4.78 is 25.1. The van der Waals surface area contributed by atoms with Crippen LogP contribution in [0.5, 0.6) is 0 Å². The molecule has 0 atom stereocenters. The van der Waals surface area contributed by atoms with Crippen molar-refractivity contribution in [2.45, 2.75) is 18.9 Å². The monoisotopic (exact) mass is 325 g/mol. The van der Waals surface area contributed by atoms with Crippen LogP contribution in [0.25, 0.3) is 0 Å². The molecular formula is C15H23N3O3S. The highest BCUT2D eigenvalue weighted by Gasteiger charge is 2.25. The minimum absolute atomic E-state index is 0.00139. The number of piperidine rings is 1. The first-order valence-corrected chi connectivity index (χ1v) is 9.19. The van der Waals surface area contributed by atoms with E-state index in [1.54, 1.807) is 4.90 Å². The Morgan fingerprint density at radius 1 is 1.27 bits per heavy atom. The van der Waals surface area contributed by atoms with Crippen LogP contribution >= 0.6 is 0 Å². The van der Waals surface area contributed by atoms with Crippen LogP contribution in [0.1, 0.15) is 23.2 Å². The van der Waals surface area contributed by atoms with Crippen LogP contribution < -0.4 is 9.62 Å². The summed E-state index contributed by atoms with van der Waals surface area (Å²) in [7, 11) is 0.685. The van der Waals surface area contributed by atoms with Crippen LogP contribution in [-0.2, 0) is 10.0 Å². The van der Waals surface area contributed by atoms with Gasteiger partial charge in [-0.15, -0.1) is 0 Å². The second-order valence-corrected chi connectivity index (χ2v) is 7.68. The maximum Gasteiger partial charge on any atom is 0.253 e. The molecule has 0 aromatic heterocycles. The van der Waals surface area contributed by atoms with Crippen molar-refractivity contribution in [3.63, 3.8) is 0 Å². The standard InChI is InChI=1S/C15H23N3O3S/c1-17(2)14-6-4-5-12(11-14)15(19)18-9-7-13(8-10-18)16-22(3,20)21/h4-6,11,13,16H,7-10H2,1-3H3. The molecule has 1 aromatic rings. The Labute approximate surface area is 132 Å². The van der Waals surface area contributed by atoms with Gasteiger partial charge in [-0.1, -0.05) is 6.07 Å². The molecule has 1 aliphatic rings. The Morgan fingerprint density at radius 3 is 2.45 bits per heavy atom. The summed E-state index contributed by atoms with van der Waals surface area (Å²) in [5, 5.41) is 0. The molecule has 1 heterocycles. The van der Waals surface area contributed by atoms with Gasteiger partial charge in [0, 0.05) is 44.5 Å². The zero-order valence-electron chi connectivity index (χ0n) is 13.2. The number of benzene rings is 1. The highest BCUT2D eigenvalue weighted by molar-refractivity contribution is 7.88. The Kier molecular flexibility index (Phi) is 5.08. The summed E-state index contributed by atoms with van der Waals surface area (Å²) in [4.78, 5) is 16.3. The van der Waals surface area contributed by atoms with Crippen molar-refractivity contribution < 1.29 is 13.2 Å². The highest BCUT2D eigenvalue weighted by Crippen LogP contribution is 2.18. The molecule has 22 heavy (non-hydrogen) atoms. The third kappa shape index (κ3) is 4.45. The van der Waals surface area contributed by atoms with E-state index in [0.717, 1.165) is 11.9 Å². The van der Waals surface area contributed by atoms with E-state index in [1.165, 1.54) is 0 Å². The van der Waals surface area contributed by atoms with Gasteiger partial charge in [0.15, 0.2) is 0 Å². The third-order valence-corrected chi connectivity index (χ3v) is 4.53. The number of nitrogens with one attached hydrogen (secondary N) is 1. The van der Waals surface area contributed by atoms with Gasteiger partial charge in [0.25, 0.3) is 5.91 Å². The Balaban J connectivity index is 1.99. The number of rotatable bonds is 4. The van der Waals surface area contributed by atoms with Crippen LogP contribution in [0, 0.1) is 0 Å². The van der Waals surface area contributed by atoms with Gasteiger partial charge in [-0.3, -0.25) is 4.79 Å². The van der Waals surface area contributed by atoms with Gasteiger partial charge in [-0.2, -0.15) is 0 Å². The average Bonchev–Trinajstić information content (AvgIpc) is 2.46. The van der Waals surface area contributed by atoms with Crippen LogP contribution in [0.4, 0.5) is 5.69 Å². The number of carbonyl (C=O) groups excluding carboxylic acids is 1. The fourth-order valence-corrected chi connectivity index (χ4v) is 3.44. The summed E-state index contributed by atoms with van der Waals surface area (Å²) >= 11 is 0. The van der Waals surface area contributed by atoms with E-state index in [9.17, 15) is 13.2 Å². The Bertz CT molecular complexity index is 635. The highest BCUT2D eigenvalue weighted by atomic mass is 32.2. The lowest BCUT2D eigenvalue weighted by atomic mass is 10.0. The predicted octanol–water partition coefficient (Wildman–Crippen LogP) is 0.906. The second kappa shape index (κ2) is 6.66. The first-order chi connectivity index (χ1) is 10.3. The van der Waals surface area contributed by atoms with Crippen LogP contribution in [-0.4, -0.2) is 58.7 Å². The summed E-state index contributed by atoms with van der Waals surface area (Å²) in [6, 6.07) is 7.45. The predicted molar refractivity (Wildman–Crippen MR) is 87.7 cm³/mol. The number of hydrogen-bond acceptors (Lipinski definition) is 4. The number of carbonyl (C=O) groups is 1. The zero-order chi connectivity index (χ0) is 16.3. The van der Waals surface area contributed by atoms with E-state index in [1.807, 2.05) is 43.3 Å². The second-order valence-electron chi connectivity index (χ2n) is 5.90. The van der Waals surface area contributed by atoms with E-state index in [4.69, 9.17) is 0 Å². The minimum atomic E-state index is -3.19. The van der Waals surface area contributed by atoms with E-state index in [0.29, 0.717) is 31.5 Å². The van der Waals surface area contributed by atoms with Crippen molar-refractivity contribution in [2.24, 2.45) is 0 Å². The number of amides is 1. The van der Waals surface area contributed by atoms with Crippen molar-refractivity contribution in [1.82, 2.24) is 9.62 Å². The van der Waals surface area contributed by atoms with Gasteiger partial charge in [-0.25, -0.2) is 13.1 Å². The molecule has 2 rings (SSSR count). The fraction of sp³-hybridized carbons (Fsp3) is 0.533. The first kappa shape index (κ1) is 16.8. The molecule has 0 radical (unpaired) electrons. The lowest BCUT2D eigenvalue weighted by Crippen LogP contribution is -2.46. The summed E-state index contributed by atoms with van der Waals surface area (Å²) in [6.45, 7) is 1.14. The van der Waals surface area contributed by atoms with Crippen LogP contribution in [0.2, 0.25) is 0 Å². The molecule has 0 aliphatic carbocycles. The van der Waals surface area contributed by atoms with Gasteiger partial charge < -0.3 is 9.80 Å². The molecule has 1 amide bonds. The number of hydrogen-bond donors (Lipinski definition) is 1. The van der Waals surface area contributed by atoms with E-state index < -0.39 is 10.0 Å². The molecule has 1 aliphatic heterocycles. The number of anilines is 1. The molecule has 0 bridgehead atoms. The largest absolute Gasteiger partial charge is 0.378 e. The normalized spacial score (nSPS) is 16.6. The molecule has 0 unspecified atom stereocenters. The molecule has 7 heteroatoms. The zero-order valence-corrected chi connectivity index (χ0v) is 14.1. The molecule has 1 saturated heterocycles. The van der Waals surface area contributed by atoms with Gasteiger partial charge in [0.1, 0.15) is 0 Å².